The fourth-order valence-electron chi connectivity index (χ4n) is 2.51. The molecular formula is C14H21NO2. The van der Waals surface area contributed by atoms with Crippen molar-refractivity contribution in [2.75, 3.05) is 20.2 Å². The highest BCUT2D eigenvalue weighted by Gasteiger charge is 2.30. The summed E-state index contributed by atoms with van der Waals surface area (Å²) in [6, 6.07) is 0. The van der Waals surface area contributed by atoms with Gasteiger partial charge in [-0.2, -0.15) is 0 Å². The number of allylic oxidation sites excluding steroid dienone is 3. The van der Waals surface area contributed by atoms with E-state index in [4.69, 9.17) is 4.74 Å². The molecule has 94 valence electrons. The summed E-state index contributed by atoms with van der Waals surface area (Å²) >= 11 is 0. The third-order valence-corrected chi connectivity index (χ3v) is 3.44. The van der Waals surface area contributed by atoms with Gasteiger partial charge in [0, 0.05) is 26.1 Å². The van der Waals surface area contributed by atoms with Gasteiger partial charge in [0.1, 0.15) is 0 Å². The first kappa shape index (κ1) is 12.6. The molecule has 1 aliphatic carbocycles. The van der Waals surface area contributed by atoms with E-state index in [2.05, 4.69) is 31.2 Å². The number of hydrogen-bond acceptors (Lipinski definition) is 3. The van der Waals surface area contributed by atoms with Crippen LogP contribution in [0.15, 0.2) is 35.5 Å². The van der Waals surface area contributed by atoms with E-state index < -0.39 is 6.41 Å². The Balaban J connectivity index is 2.08. The highest BCUT2D eigenvalue weighted by molar-refractivity contribution is 5.39. The van der Waals surface area contributed by atoms with Crippen LogP contribution in [-0.2, 0) is 4.74 Å². The van der Waals surface area contributed by atoms with Crippen molar-refractivity contribution >= 4 is 0 Å². The topological polar surface area (TPSA) is 32.7 Å². The minimum Gasteiger partial charge on any atom is -0.356 e. The van der Waals surface area contributed by atoms with E-state index in [9.17, 15) is 5.11 Å². The molecule has 0 radical (unpaired) electrons. The van der Waals surface area contributed by atoms with Gasteiger partial charge in [-0.15, -0.1) is 0 Å². The van der Waals surface area contributed by atoms with Gasteiger partial charge in [-0.3, -0.25) is 0 Å². The maximum atomic E-state index is 9.70. The lowest BCUT2D eigenvalue weighted by atomic mass is 9.88. The largest absolute Gasteiger partial charge is 0.356 e. The zero-order valence-corrected chi connectivity index (χ0v) is 10.6. The summed E-state index contributed by atoms with van der Waals surface area (Å²) in [5.41, 5.74) is 2.78. The van der Waals surface area contributed by atoms with Crippen LogP contribution in [0.3, 0.4) is 0 Å². The van der Waals surface area contributed by atoms with Crippen LogP contribution >= 0.6 is 0 Å². The van der Waals surface area contributed by atoms with E-state index in [1.807, 2.05) is 4.90 Å². The van der Waals surface area contributed by atoms with Crippen molar-refractivity contribution in [3.8, 4) is 0 Å². The van der Waals surface area contributed by atoms with Crippen molar-refractivity contribution in [3.05, 3.63) is 35.5 Å². The zero-order chi connectivity index (χ0) is 12.3. The molecule has 3 heteroatoms. The van der Waals surface area contributed by atoms with E-state index in [0.29, 0.717) is 5.92 Å². The molecule has 0 amide bonds. The first-order chi connectivity index (χ1) is 8.26. The molecular weight excluding hydrogens is 214 g/mol. The zero-order valence-electron chi connectivity index (χ0n) is 10.6. The van der Waals surface area contributed by atoms with Gasteiger partial charge in [-0.25, -0.2) is 4.90 Å². The van der Waals surface area contributed by atoms with E-state index in [-0.39, 0.29) is 0 Å². The number of ether oxygens (including phenoxy) is 1. The molecule has 3 nitrogen and oxygen atoms in total. The third-order valence-electron chi connectivity index (χ3n) is 3.44. The summed E-state index contributed by atoms with van der Waals surface area (Å²) < 4.78 is 4.97. The van der Waals surface area contributed by atoms with Crippen LogP contribution in [-0.4, -0.2) is 36.6 Å². The smallest absolute Gasteiger partial charge is 0.216 e. The molecule has 0 fully saturated rings. The summed E-state index contributed by atoms with van der Waals surface area (Å²) in [6.07, 6.45) is 10.3. The Labute approximate surface area is 103 Å². The molecule has 17 heavy (non-hydrogen) atoms. The Morgan fingerprint density at radius 2 is 2.41 bits per heavy atom. The first-order valence-electron chi connectivity index (χ1n) is 6.26. The minimum absolute atomic E-state index is 0.504. The molecule has 0 aromatic rings. The Bertz CT molecular complexity index is 357. The second-order valence-corrected chi connectivity index (χ2v) is 4.60. The van der Waals surface area contributed by atoms with Gasteiger partial charge < -0.3 is 9.84 Å². The molecule has 2 unspecified atom stereocenters. The van der Waals surface area contributed by atoms with Crippen LogP contribution in [0.1, 0.15) is 19.8 Å². The molecule has 2 rings (SSSR count). The fraction of sp³-hybridized carbons (Fsp3) is 0.571. The molecule has 2 aliphatic rings. The lowest BCUT2D eigenvalue weighted by molar-refractivity contribution is -0.167. The number of nitrogens with zero attached hydrogens (tertiary/aromatic N) is 1. The van der Waals surface area contributed by atoms with E-state index in [1.165, 1.54) is 18.3 Å². The van der Waals surface area contributed by atoms with Crippen LogP contribution in [0.5, 0.6) is 0 Å². The quantitative estimate of drug-likeness (QED) is 0.598. The van der Waals surface area contributed by atoms with Gasteiger partial charge >= 0.3 is 0 Å². The standard InChI is InChI=1S/C14H21NO2/c1-3-4-6-11-7-5-8-12-9-15(10-13(11)12)14(16)17-2/h4-6,8,11,14,16H,3,7,9-10H2,1-2H3/b6-4+. The van der Waals surface area contributed by atoms with Gasteiger partial charge in [0.25, 0.3) is 0 Å². The Morgan fingerprint density at radius 3 is 3.12 bits per heavy atom. The maximum Gasteiger partial charge on any atom is 0.216 e. The second-order valence-electron chi connectivity index (χ2n) is 4.60. The molecule has 0 saturated heterocycles. The van der Waals surface area contributed by atoms with Crippen LogP contribution in [0, 0.1) is 5.92 Å². The van der Waals surface area contributed by atoms with Crippen LogP contribution in [0.25, 0.3) is 0 Å². The molecule has 0 aromatic heterocycles. The number of aliphatic hydroxyl groups excluding tert-OH is 1. The normalized spacial score (nSPS) is 26.9. The summed E-state index contributed by atoms with van der Waals surface area (Å²) in [4.78, 5) is 1.95. The fourth-order valence-corrected chi connectivity index (χ4v) is 2.51. The molecule has 0 spiro atoms. The van der Waals surface area contributed by atoms with Crippen LogP contribution in [0.2, 0.25) is 0 Å². The first-order valence-corrected chi connectivity index (χ1v) is 6.26. The van der Waals surface area contributed by atoms with Crippen LogP contribution in [0.4, 0.5) is 0 Å². The molecule has 2 atom stereocenters. The second kappa shape index (κ2) is 5.63. The molecule has 0 aromatic carbocycles. The van der Waals surface area contributed by atoms with E-state index in [0.717, 1.165) is 25.9 Å². The van der Waals surface area contributed by atoms with E-state index >= 15 is 0 Å². The number of aliphatic hydroxyl groups is 1. The van der Waals surface area contributed by atoms with Crippen molar-refractivity contribution in [2.45, 2.75) is 26.2 Å². The van der Waals surface area contributed by atoms with E-state index in [1.54, 1.807) is 0 Å². The van der Waals surface area contributed by atoms with Gasteiger partial charge in [0.15, 0.2) is 0 Å². The monoisotopic (exact) mass is 235 g/mol. The lowest BCUT2D eigenvalue weighted by Gasteiger charge is -2.22. The molecule has 1 aliphatic heterocycles. The molecule has 0 saturated carbocycles. The number of rotatable bonds is 4. The molecule has 1 heterocycles. The van der Waals surface area contributed by atoms with Crippen molar-refractivity contribution in [1.82, 2.24) is 4.90 Å². The summed E-state index contributed by atoms with van der Waals surface area (Å²) in [7, 11) is 1.53. The van der Waals surface area contributed by atoms with Crippen molar-refractivity contribution < 1.29 is 9.84 Å². The molecule has 1 N–H and O–H groups in total. The van der Waals surface area contributed by atoms with Gasteiger partial charge in [-0.05, 0) is 24.0 Å². The van der Waals surface area contributed by atoms with Crippen molar-refractivity contribution in [1.29, 1.82) is 0 Å². The van der Waals surface area contributed by atoms with Crippen LogP contribution < -0.4 is 0 Å². The number of methoxy groups -OCH3 is 1. The summed E-state index contributed by atoms with van der Waals surface area (Å²) in [6.45, 7) is 3.75. The number of hydrogen-bond donors (Lipinski definition) is 1. The maximum absolute atomic E-state index is 9.70. The predicted molar refractivity (Wildman–Crippen MR) is 68.3 cm³/mol. The van der Waals surface area contributed by atoms with Crippen molar-refractivity contribution in [2.24, 2.45) is 5.92 Å². The lowest BCUT2D eigenvalue weighted by Crippen LogP contribution is -2.35. The average Bonchev–Trinajstić information content (AvgIpc) is 2.79. The van der Waals surface area contributed by atoms with Crippen molar-refractivity contribution in [3.63, 3.8) is 0 Å². The predicted octanol–water partition coefficient (Wildman–Crippen LogP) is 2.06. The van der Waals surface area contributed by atoms with Gasteiger partial charge in [0.05, 0.1) is 0 Å². The highest BCUT2D eigenvalue weighted by Crippen LogP contribution is 2.33. The highest BCUT2D eigenvalue weighted by atomic mass is 16.6. The summed E-state index contributed by atoms with van der Waals surface area (Å²) in [5, 5.41) is 9.70. The summed E-state index contributed by atoms with van der Waals surface area (Å²) in [5.74, 6) is 0.504. The Kier molecular flexibility index (Phi) is 4.15. The van der Waals surface area contributed by atoms with Gasteiger partial charge in [-0.1, -0.05) is 31.2 Å². The SMILES string of the molecule is CC/C=C/C1CC=CC2=C1CN(C(O)OC)C2. The van der Waals surface area contributed by atoms with Gasteiger partial charge in [0.2, 0.25) is 6.41 Å². The average molecular weight is 235 g/mol. The minimum atomic E-state index is -0.787. The Hall–Kier alpha value is -0.900. The third kappa shape index (κ3) is 2.68. The Morgan fingerprint density at radius 1 is 1.59 bits per heavy atom. The molecule has 0 bridgehead atoms.